The molecule has 0 aromatic carbocycles. The first-order valence-electron chi connectivity index (χ1n) is 8.22. The minimum Gasteiger partial charge on any atom is -0.468 e. The highest BCUT2D eigenvalue weighted by Crippen LogP contribution is 2.17. The average Bonchev–Trinajstić information content (AvgIpc) is 2.86. The lowest BCUT2D eigenvalue weighted by atomic mass is 10.1. The van der Waals surface area contributed by atoms with Gasteiger partial charge in [0.1, 0.15) is 5.76 Å². The third-order valence-corrected chi connectivity index (χ3v) is 5.44. The van der Waals surface area contributed by atoms with Crippen LogP contribution in [-0.2, 0) is 21.4 Å². The number of hydrogen-bond acceptors (Lipinski definition) is 4. The van der Waals surface area contributed by atoms with Crippen molar-refractivity contribution in [3.05, 3.63) is 24.2 Å². The molecule has 0 saturated heterocycles. The molecule has 1 saturated carbocycles. The zero-order chi connectivity index (χ0) is 16.7. The first kappa shape index (κ1) is 18.0. The lowest BCUT2D eigenvalue weighted by Gasteiger charge is -2.20. The molecule has 23 heavy (non-hydrogen) atoms. The van der Waals surface area contributed by atoms with E-state index in [0.29, 0.717) is 5.76 Å². The van der Waals surface area contributed by atoms with E-state index in [1.165, 1.54) is 23.4 Å². The molecule has 1 fully saturated rings. The van der Waals surface area contributed by atoms with Crippen molar-refractivity contribution in [1.29, 1.82) is 0 Å². The smallest absolute Gasteiger partial charge is 0.221 e. The van der Waals surface area contributed by atoms with Gasteiger partial charge >= 0.3 is 0 Å². The highest BCUT2D eigenvalue weighted by atomic mass is 32.2. The number of furan rings is 1. The predicted octanol–water partition coefficient (Wildman–Crippen LogP) is 2.27. The van der Waals surface area contributed by atoms with Crippen LogP contribution in [0.5, 0.6) is 0 Å². The zero-order valence-electron chi connectivity index (χ0n) is 13.7. The summed E-state index contributed by atoms with van der Waals surface area (Å²) in [5, 5.41) is 3.04. The van der Waals surface area contributed by atoms with Gasteiger partial charge in [-0.25, -0.2) is 8.42 Å². The summed E-state index contributed by atoms with van der Waals surface area (Å²) >= 11 is 0. The topological polar surface area (TPSA) is 79.6 Å². The van der Waals surface area contributed by atoms with Crippen LogP contribution in [-0.4, -0.2) is 37.5 Å². The standard InChI is InChI=1S/C16H26N2O4S/c1-23(20,21)18(13-15-9-6-12-22-15)11-10-16(19)17-14-7-4-2-3-5-8-14/h6,9,12,14H,2-5,7-8,10-11,13H2,1H3,(H,17,19). The van der Waals surface area contributed by atoms with Crippen molar-refractivity contribution in [2.45, 2.75) is 57.5 Å². The van der Waals surface area contributed by atoms with E-state index in [1.807, 2.05) is 0 Å². The van der Waals surface area contributed by atoms with Gasteiger partial charge in [0.05, 0.1) is 19.1 Å². The Hall–Kier alpha value is -1.34. The van der Waals surface area contributed by atoms with Gasteiger partial charge in [-0.05, 0) is 25.0 Å². The number of sulfonamides is 1. The van der Waals surface area contributed by atoms with E-state index >= 15 is 0 Å². The van der Waals surface area contributed by atoms with E-state index in [4.69, 9.17) is 4.42 Å². The molecule has 6 nitrogen and oxygen atoms in total. The molecule has 0 spiro atoms. The Labute approximate surface area is 138 Å². The molecule has 1 amide bonds. The summed E-state index contributed by atoms with van der Waals surface area (Å²) in [6.07, 6.45) is 9.65. The number of nitrogens with one attached hydrogen (secondary N) is 1. The van der Waals surface area contributed by atoms with Gasteiger partial charge in [-0.1, -0.05) is 25.7 Å². The SMILES string of the molecule is CS(=O)(=O)N(CCC(=O)NC1CCCCCC1)Cc1ccco1. The second kappa shape index (κ2) is 8.49. The quantitative estimate of drug-likeness (QED) is 0.771. The van der Waals surface area contributed by atoms with Crippen molar-refractivity contribution in [2.24, 2.45) is 0 Å². The lowest BCUT2D eigenvalue weighted by molar-refractivity contribution is -0.122. The largest absolute Gasteiger partial charge is 0.468 e. The Morgan fingerprint density at radius 1 is 1.30 bits per heavy atom. The van der Waals surface area contributed by atoms with Crippen LogP contribution in [0.25, 0.3) is 0 Å². The van der Waals surface area contributed by atoms with E-state index in [0.717, 1.165) is 31.9 Å². The summed E-state index contributed by atoms with van der Waals surface area (Å²) in [6, 6.07) is 3.68. The van der Waals surface area contributed by atoms with Crippen molar-refractivity contribution in [3.63, 3.8) is 0 Å². The molecule has 1 heterocycles. The first-order chi connectivity index (χ1) is 10.9. The average molecular weight is 342 g/mol. The van der Waals surface area contributed by atoms with Crippen LogP contribution in [0.15, 0.2) is 22.8 Å². The minimum absolute atomic E-state index is 0.0787. The van der Waals surface area contributed by atoms with Gasteiger partial charge in [0.2, 0.25) is 15.9 Å². The molecule has 7 heteroatoms. The monoisotopic (exact) mass is 342 g/mol. The molecule has 1 aliphatic rings. The molecule has 0 atom stereocenters. The second-order valence-corrected chi connectivity index (χ2v) is 8.16. The Balaban J connectivity index is 1.83. The fourth-order valence-corrected chi connectivity index (χ4v) is 3.67. The molecular formula is C16H26N2O4S. The van der Waals surface area contributed by atoms with Gasteiger partial charge in [0.25, 0.3) is 0 Å². The molecule has 0 aliphatic heterocycles. The molecule has 1 aromatic heterocycles. The fraction of sp³-hybridized carbons (Fsp3) is 0.688. The maximum Gasteiger partial charge on any atom is 0.221 e. The second-order valence-electron chi connectivity index (χ2n) is 6.18. The van der Waals surface area contributed by atoms with Crippen LogP contribution < -0.4 is 5.32 Å². The Morgan fingerprint density at radius 3 is 2.57 bits per heavy atom. The van der Waals surface area contributed by atoms with Crippen molar-refractivity contribution < 1.29 is 17.6 Å². The predicted molar refractivity (Wildman–Crippen MR) is 88.2 cm³/mol. The van der Waals surface area contributed by atoms with Gasteiger partial charge in [-0.15, -0.1) is 0 Å². The molecule has 130 valence electrons. The number of nitrogens with zero attached hydrogens (tertiary/aromatic N) is 1. The maximum absolute atomic E-state index is 12.1. The summed E-state index contributed by atoms with van der Waals surface area (Å²) < 4.78 is 30.2. The Kier molecular flexibility index (Phi) is 6.65. The van der Waals surface area contributed by atoms with E-state index in [-0.39, 0.29) is 31.5 Å². The molecule has 1 N–H and O–H groups in total. The van der Waals surface area contributed by atoms with Crippen LogP contribution in [0.1, 0.15) is 50.7 Å². The highest BCUT2D eigenvalue weighted by Gasteiger charge is 2.20. The molecule has 0 unspecified atom stereocenters. The zero-order valence-corrected chi connectivity index (χ0v) is 14.5. The van der Waals surface area contributed by atoms with Crippen LogP contribution >= 0.6 is 0 Å². The van der Waals surface area contributed by atoms with Gasteiger partial charge in [-0.3, -0.25) is 4.79 Å². The summed E-state index contributed by atoms with van der Waals surface area (Å²) in [6.45, 7) is 0.320. The summed E-state index contributed by atoms with van der Waals surface area (Å²) in [4.78, 5) is 12.1. The van der Waals surface area contributed by atoms with Crippen molar-refractivity contribution >= 4 is 15.9 Å². The van der Waals surface area contributed by atoms with Crippen LogP contribution in [0.3, 0.4) is 0 Å². The maximum atomic E-state index is 12.1. The number of carbonyl (C=O) groups is 1. The van der Waals surface area contributed by atoms with Crippen LogP contribution in [0.4, 0.5) is 0 Å². The summed E-state index contributed by atoms with van der Waals surface area (Å²) in [5.41, 5.74) is 0. The minimum atomic E-state index is -3.38. The summed E-state index contributed by atoms with van der Waals surface area (Å²) in [7, 11) is -3.38. The molecule has 1 aromatic rings. The van der Waals surface area contributed by atoms with Crippen molar-refractivity contribution in [1.82, 2.24) is 9.62 Å². The fourth-order valence-electron chi connectivity index (χ4n) is 2.89. The third kappa shape index (κ3) is 6.35. The number of rotatable bonds is 7. The third-order valence-electron chi connectivity index (χ3n) is 4.19. The Morgan fingerprint density at radius 2 is 2.00 bits per heavy atom. The van der Waals surface area contributed by atoms with Gasteiger partial charge in [-0.2, -0.15) is 4.31 Å². The molecular weight excluding hydrogens is 316 g/mol. The van der Waals surface area contributed by atoms with E-state index in [1.54, 1.807) is 12.1 Å². The van der Waals surface area contributed by atoms with E-state index < -0.39 is 10.0 Å². The molecule has 2 rings (SSSR count). The van der Waals surface area contributed by atoms with Crippen LogP contribution in [0.2, 0.25) is 0 Å². The van der Waals surface area contributed by atoms with Gasteiger partial charge in [0.15, 0.2) is 0 Å². The highest BCUT2D eigenvalue weighted by molar-refractivity contribution is 7.88. The lowest BCUT2D eigenvalue weighted by Crippen LogP contribution is -2.38. The Bertz CT molecular complexity index is 575. The van der Waals surface area contributed by atoms with E-state index in [2.05, 4.69) is 5.32 Å². The molecule has 0 bridgehead atoms. The first-order valence-corrected chi connectivity index (χ1v) is 10.1. The van der Waals surface area contributed by atoms with Crippen LogP contribution in [0, 0.1) is 0 Å². The molecule has 1 aliphatic carbocycles. The normalized spacial score (nSPS) is 17.1. The van der Waals surface area contributed by atoms with Crippen molar-refractivity contribution in [3.8, 4) is 0 Å². The molecule has 0 radical (unpaired) electrons. The number of carbonyl (C=O) groups excluding carboxylic acids is 1. The van der Waals surface area contributed by atoms with Gasteiger partial charge < -0.3 is 9.73 Å². The van der Waals surface area contributed by atoms with Gasteiger partial charge in [0, 0.05) is 19.0 Å². The van der Waals surface area contributed by atoms with E-state index in [9.17, 15) is 13.2 Å². The van der Waals surface area contributed by atoms with Crippen molar-refractivity contribution in [2.75, 3.05) is 12.8 Å². The number of amides is 1. The summed E-state index contributed by atoms with van der Waals surface area (Å²) in [5.74, 6) is 0.490. The number of hydrogen-bond donors (Lipinski definition) is 1.